The molecule has 0 aliphatic carbocycles. The van der Waals surface area contributed by atoms with Crippen LogP contribution in [0.2, 0.25) is 0 Å². The maximum absolute atomic E-state index is 4.55. The SMILES string of the molecule is Brc1c(Cn2ccnc2)nc2ccccn12. The first kappa shape index (κ1) is 9.59. The van der Waals surface area contributed by atoms with Crippen molar-refractivity contribution >= 4 is 21.6 Å². The molecule has 0 unspecified atom stereocenters. The summed E-state index contributed by atoms with van der Waals surface area (Å²) in [5.41, 5.74) is 1.95. The van der Waals surface area contributed by atoms with Gasteiger partial charge in [0, 0.05) is 18.6 Å². The van der Waals surface area contributed by atoms with Crippen LogP contribution in [0, 0.1) is 0 Å². The molecule has 0 N–H and O–H groups in total. The topological polar surface area (TPSA) is 35.1 Å². The van der Waals surface area contributed by atoms with Crippen LogP contribution in [-0.2, 0) is 6.54 Å². The molecule has 0 spiro atoms. The number of hydrogen-bond acceptors (Lipinski definition) is 2. The summed E-state index contributed by atoms with van der Waals surface area (Å²) < 4.78 is 5.01. The van der Waals surface area contributed by atoms with Crippen molar-refractivity contribution in [1.82, 2.24) is 18.9 Å². The Kier molecular flexibility index (Phi) is 2.25. The number of nitrogens with zero attached hydrogens (tertiary/aromatic N) is 4. The van der Waals surface area contributed by atoms with E-state index in [9.17, 15) is 0 Å². The average Bonchev–Trinajstić information content (AvgIpc) is 2.90. The molecule has 0 atom stereocenters. The molecule has 0 bridgehead atoms. The number of fused-ring (bicyclic) bond motifs is 1. The zero-order chi connectivity index (χ0) is 11.0. The van der Waals surface area contributed by atoms with Gasteiger partial charge in [0.2, 0.25) is 0 Å². The van der Waals surface area contributed by atoms with Gasteiger partial charge in [-0.15, -0.1) is 0 Å². The third-order valence-corrected chi connectivity index (χ3v) is 3.27. The molecule has 0 amide bonds. The van der Waals surface area contributed by atoms with Crippen LogP contribution in [0.4, 0.5) is 0 Å². The van der Waals surface area contributed by atoms with Crippen molar-refractivity contribution in [2.45, 2.75) is 6.54 Å². The van der Waals surface area contributed by atoms with Gasteiger partial charge in [-0.2, -0.15) is 0 Å². The quantitative estimate of drug-likeness (QED) is 0.720. The highest BCUT2D eigenvalue weighted by atomic mass is 79.9. The maximum Gasteiger partial charge on any atom is 0.137 e. The van der Waals surface area contributed by atoms with Gasteiger partial charge in [-0.25, -0.2) is 9.97 Å². The van der Waals surface area contributed by atoms with Gasteiger partial charge in [0.15, 0.2) is 0 Å². The monoisotopic (exact) mass is 276 g/mol. The van der Waals surface area contributed by atoms with E-state index in [1.807, 2.05) is 39.6 Å². The lowest BCUT2D eigenvalue weighted by Crippen LogP contribution is -1.97. The fourth-order valence-electron chi connectivity index (χ4n) is 1.67. The van der Waals surface area contributed by atoms with Gasteiger partial charge in [0.1, 0.15) is 10.3 Å². The summed E-state index contributed by atoms with van der Waals surface area (Å²) >= 11 is 3.56. The van der Waals surface area contributed by atoms with E-state index in [0.717, 1.165) is 22.5 Å². The molecule has 80 valence electrons. The van der Waals surface area contributed by atoms with Gasteiger partial charge in [-0.3, -0.25) is 4.40 Å². The highest BCUT2D eigenvalue weighted by molar-refractivity contribution is 9.10. The predicted octanol–water partition coefficient (Wildman–Crippen LogP) is 2.34. The average molecular weight is 277 g/mol. The summed E-state index contributed by atoms with van der Waals surface area (Å²) in [6, 6.07) is 5.96. The molecule has 0 fully saturated rings. The largest absolute Gasteiger partial charge is 0.331 e. The third kappa shape index (κ3) is 1.53. The van der Waals surface area contributed by atoms with Crippen molar-refractivity contribution in [3.8, 4) is 0 Å². The normalized spacial score (nSPS) is 11.1. The minimum atomic E-state index is 0.724. The molecule has 3 rings (SSSR count). The van der Waals surface area contributed by atoms with E-state index in [4.69, 9.17) is 0 Å². The number of halogens is 1. The van der Waals surface area contributed by atoms with E-state index in [1.54, 1.807) is 12.5 Å². The third-order valence-electron chi connectivity index (χ3n) is 2.43. The Morgan fingerprint density at radius 3 is 2.94 bits per heavy atom. The van der Waals surface area contributed by atoms with Crippen molar-refractivity contribution < 1.29 is 0 Å². The minimum Gasteiger partial charge on any atom is -0.331 e. The first-order valence-electron chi connectivity index (χ1n) is 4.92. The van der Waals surface area contributed by atoms with Gasteiger partial charge in [0.05, 0.1) is 18.6 Å². The van der Waals surface area contributed by atoms with Crippen molar-refractivity contribution in [2.75, 3.05) is 0 Å². The summed E-state index contributed by atoms with van der Waals surface area (Å²) in [5.74, 6) is 0. The summed E-state index contributed by atoms with van der Waals surface area (Å²) in [6.07, 6.45) is 7.47. The number of rotatable bonds is 2. The van der Waals surface area contributed by atoms with Crippen LogP contribution in [0.15, 0.2) is 47.7 Å². The van der Waals surface area contributed by atoms with Crippen LogP contribution in [0.3, 0.4) is 0 Å². The van der Waals surface area contributed by atoms with Gasteiger partial charge in [0.25, 0.3) is 0 Å². The lowest BCUT2D eigenvalue weighted by atomic mass is 10.5. The Balaban J connectivity index is 2.07. The van der Waals surface area contributed by atoms with Crippen LogP contribution in [0.1, 0.15) is 5.69 Å². The van der Waals surface area contributed by atoms with Crippen molar-refractivity contribution in [2.24, 2.45) is 0 Å². The Bertz CT molecular complexity index is 612. The van der Waals surface area contributed by atoms with Crippen LogP contribution < -0.4 is 0 Å². The number of imidazole rings is 2. The van der Waals surface area contributed by atoms with Crippen LogP contribution in [0.5, 0.6) is 0 Å². The zero-order valence-electron chi connectivity index (χ0n) is 8.42. The molecule has 3 heterocycles. The molecule has 3 aromatic heterocycles. The van der Waals surface area contributed by atoms with E-state index < -0.39 is 0 Å². The predicted molar refractivity (Wildman–Crippen MR) is 64.2 cm³/mol. The Hall–Kier alpha value is -1.62. The lowest BCUT2D eigenvalue weighted by Gasteiger charge is -1.98. The molecule has 0 aliphatic heterocycles. The second kappa shape index (κ2) is 3.75. The molecule has 0 aromatic carbocycles. The van der Waals surface area contributed by atoms with E-state index in [0.29, 0.717) is 0 Å². The molecular formula is C11H9BrN4. The maximum atomic E-state index is 4.55. The molecule has 0 radical (unpaired) electrons. The summed E-state index contributed by atoms with van der Waals surface area (Å²) in [4.78, 5) is 8.57. The molecule has 0 saturated heterocycles. The standard InChI is InChI=1S/C11H9BrN4/c12-11-9(7-15-6-4-13-8-15)14-10-3-1-2-5-16(10)11/h1-6,8H,7H2. The highest BCUT2D eigenvalue weighted by Gasteiger charge is 2.08. The van der Waals surface area contributed by atoms with Gasteiger partial charge < -0.3 is 4.57 Å². The second-order valence-corrected chi connectivity index (χ2v) is 4.26. The van der Waals surface area contributed by atoms with Gasteiger partial charge >= 0.3 is 0 Å². The molecule has 0 aliphatic rings. The molecule has 3 aromatic rings. The second-order valence-electron chi connectivity index (χ2n) is 3.51. The number of aromatic nitrogens is 4. The van der Waals surface area contributed by atoms with Crippen molar-refractivity contribution in [3.05, 3.63) is 53.4 Å². The molecule has 0 saturated carbocycles. The first-order chi connectivity index (χ1) is 7.84. The smallest absolute Gasteiger partial charge is 0.137 e. The summed E-state index contributed by atoms with van der Waals surface area (Å²) in [7, 11) is 0. The molecule has 4 nitrogen and oxygen atoms in total. The van der Waals surface area contributed by atoms with Crippen LogP contribution in [0.25, 0.3) is 5.65 Å². The van der Waals surface area contributed by atoms with Crippen LogP contribution >= 0.6 is 15.9 Å². The van der Waals surface area contributed by atoms with E-state index >= 15 is 0 Å². The summed E-state index contributed by atoms with van der Waals surface area (Å²) in [5, 5.41) is 0. The van der Waals surface area contributed by atoms with Gasteiger partial charge in [-0.05, 0) is 28.1 Å². The van der Waals surface area contributed by atoms with Crippen molar-refractivity contribution in [3.63, 3.8) is 0 Å². The fraction of sp³-hybridized carbons (Fsp3) is 0.0909. The fourth-order valence-corrected chi connectivity index (χ4v) is 2.18. The zero-order valence-corrected chi connectivity index (χ0v) is 10.0. The Morgan fingerprint density at radius 1 is 1.25 bits per heavy atom. The first-order valence-corrected chi connectivity index (χ1v) is 5.71. The number of pyridine rings is 1. The van der Waals surface area contributed by atoms with E-state index in [2.05, 4.69) is 25.9 Å². The van der Waals surface area contributed by atoms with Gasteiger partial charge in [-0.1, -0.05) is 6.07 Å². The molecule has 5 heteroatoms. The highest BCUT2D eigenvalue weighted by Crippen LogP contribution is 2.19. The Morgan fingerprint density at radius 2 is 2.19 bits per heavy atom. The molecule has 16 heavy (non-hydrogen) atoms. The van der Waals surface area contributed by atoms with E-state index in [-0.39, 0.29) is 0 Å². The van der Waals surface area contributed by atoms with E-state index in [1.165, 1.54) is 0 Å². The minimum absolute atomic E-state index is 0.724. The lowest BCUT2D eigenvalue weighted by molar-refractivity contribution is 0.775. The molecular weight excluding hydrogens is 268 g/mol. The Labute approximate surface area is 101 Å². The summed E-state index contributed by atoms with van der Waals surface area (Å²) in [6.45, 7) is 0.724. The van der Waals surface area contributed by atoms with Crippen molar-refractivity contribution in [1.29, 1.82) is 0 Å². The van der Waals surface area contributed by atoms with Crippen LogP contribution in [-0.4, -0.2) is 18.9 Å². The number of hydrogen-bond donors (Lipinski definition) is 0.